The number of aliphatic hydroxyl groups excluding tert-OH is 1. The lowest BCUT2D eigenvalue weighted by Crippen LogP contribution is -2.28. The van der Waals surface area contributed by atoms with E-state index < -0.39 is 24.1 Å². The minimum atomic E-state index is -4.79. The molecule has 0 fully saturated rings. The van der Waals surface area contributed by atoms with Gasteiger partial charge in [-0.3, -0.25) is 4.79 Å². The number of amides is 1. The van der Waals surface area contributed by atoms with Crippen molar-refractivity contribution in [2.45, 2.75) is 26.3 Å². The topological polar surface area (TPSA) is 77.0 Å². The Morgan fingerprint density at radius 1 is 1.03 bits per heavy atom. The monoisotopic (exact) mass is 413 g/mol. The van der Waals surface area contributed by atoms with Gasteiger partial charge in [-0.2, -0.15) is 0 Å². The molecule has 0 aliphatic carbocycles. The maximum Gasteiger partial charge on any atom is 0.573 e. The predicted molar refractivity (Wildman–Crippen MR) is 99.2 cm³/mol. The molecule has 1 amide bonds. The van der Waals surface area contributed by atoms with Gasteiger partial charge in [0.25, 0.3) is 5.91 Å². The fourth-order valence-corrected chi connectivity index (χ4v) is 2.49. The molecule has 0 saturated carbocycles. The zero-order chi connectivity index (χ0) is 21.4. The van der Waals surface area contributed by atoms with E-state index in [1.807, 2.05) is 13.8 Å². The summed E-state index contributed by atoms with van der Waals surface area (Å²) in [5.74, 6) is 0.121. The molecule has 29 heavy (non-hydrogen) atoms. The van der Waals surface area contributed by atoms with Crippen LogP contribution in [0.5, 0.6) is 17.2 Å². The Bertz CT molecular complexity index is 809. The van der Waals surface area contributed by atoms with Crippen LogP contribution in [0.2, 0.25) is 0 Å². The molecule has 0 aliphatic heterocycles. The molecule has 0 saturated heterocycles. The van der Waals surface area contributed by atoms with Crippen LogP contribution in [0.15, 0.2) is 42.5 Å². The largest absolute Gasteiger partial charge is 0.573 e. The number of halogens is 3. The Labute approximate surface area is 166 Å². The highest BCUT2D eigenvalue weighted by Crippen LogP contribution is 2.29. The summed E-state index contributed by atoms with van der Waals surface area (Å²) in [4.78, 5) is 12.4. The van der Waals surface area contributed by atoms with Crippen LogP contribution in [0, 0.1) is 0 Å². The first-order valence-corrected chi connectivity index (χ1v) is 8.95. The van der Waals surface area contributed by atoms with Crippen LogP contribution < -0.4 is 19.5 Å². The second-order valence-electron chi connectivity index (χ2n) is 5.87. The number of nitrogens with one attached hydrogen (secondary N) is 1. The van der Waals surface area contributed by atoms with Crippen molar-refractivity contribution >= 4 is 5.91 Å². The third-order valence-electron chi connectivity index (χ3n) is 3.76. The lowest BCUT2D eigenvalue weighted by atomic mass is 10.1. The molecule has 2 N–H and O–H groups in total. The first-order chi connectivity index (χ1) is 13.7. The number of aliphatic hydroxyl groups is 1. The van der Waals surface area contributed by atoms with Crippen molar-refractivity contribution in [2.24, 2.45) is 0 Å². The van der Waals surface area contributed by atoms with Crippen LogP contribution >= 0.6 is 0 Å². The summed E-state index contributed by atoms with van der Waals surface area (Å²) >= 11 is 0. The van der Waals surface area contributed by atoms with Gasteiger partial charge >= 0.3 is 6.36 Å². The molecule has 0 spiro atoms. The number of alkyl halides is 3. The van der Waals surface area contributed by atoms with E-state index in [1.165, 1.54) is 12.1 Å². The van der Waals surface area contributed by atoms with E-state index >= 15 is 0 Å². The molecule has 158 valence electrons. The standard InChI is InChI=1S/C20H22F3NO5/c1-3-27-17-10-7-14(11-18(17)28-4-2)19(26)24-12-16(25)13-5-8-15(9-6-13)29-20(21,22)23/h5-11,16,25H,3-4,12H2,1-2H3,(H,24,26). The normalized spacial score (nSPS) is 12.2. The van der Waals surface area contributed by atoms with Gasteiger partial charge in [-0.05, 0) is 49.7 Å². The van der Waals surface area contributed by atoms with Gasteiger partial charge in [0.05, 0.1) is 19.3 Å². The lowest BCUT2D eigenvalue weighted by molar-refractivity contribution is -0.274. The fraction of sp³-hybridized carbons (Fsp3) is 0.350. The molecule has 2 aromatic carbocycles. The van der Waals surface area contributed by atoms with Crippen LogP contribution in [0.1, 0.15) is 35.9 Å². The van der Waals surface area contributed by atoms with Gasteiger partial charge in [-0.1, -0.05) is 12.1 Å². The van der Waals surface area contributed by atoms with Gasteiger partial charge in [0.2, 0.25) is 0 Å². The van der Waals surface area contributed by atoms with Gasteiger partial charge < -0.3 is 24.6 Å². The van der Waals surface area contributed by atoms with Crippen LogP contribution in [-0.4, -0.2) is 37.1 Å². The van der Waals surface area contributed by atoms with Crippen LogP contribution in [0.25, 0.3) is 0 Å². The molecule has 2 rings (SSSR count). The van der Waals surface area contributed by atoms with E-state index in [9.17, 15) is 23.1 Å². The van der Waals surface area contributed by atoms with Crippen molar-refractivity contribution in [3.63, 3.8) is 0 Å². The van der Waals surface area contributed by atoms with Gasteiger partial charge in [0.1, 0.15) is 5.75 Å². The highest BCUT2D eigenvalue weighted by atomic mass is 19.4. The minimum Gasteiger partial charge on any atom is -0.490 e. The molecular formula is C20H22F3NO5. The fourth-order valence-electron chi connectivity index (χ4n) is 2.49. The highest BCUT2D eigenvalue weighted by molar-refractivity contribution is 5.94. The van der Waals surface area contributed by atoms with Gasteiger partial charge in [0.15, 0.2) is 11.5 Å². The van der Waals surface area contributed by atoms with Crippen molar-refractivity contribution < 1.29 is 37.3 Å². The van der Waals surface area contributed by atoms with Crippen molar-refractivity contribution in [3.8, 4) is 17.2 Å². The van der Waals surface area contributed by atoms with Gasteiger partial charge in [-0.25, -0.2) is 0 Å². The number of carbonyl (C=O) groups is 1. The second-order valence-corrected chi connectivity index (χ2v) is 5.87. The summed E-state index contributed by atoms with van der Waals surface area (Å²) in [6, 6.07) is 9.50. The van der Waals surface area contributed by atoms with Crippen molar-refractivity contribution in [3.05, 3.63) is 53.6 Å². The third-order valence-corrected chi connectivity index (χ3v) is 3.76. The van der Waals surface area contributed by atoms with E-state index in [0.29, 0.717) is 35.8 Å². The van der Waals surface area contributed by atoms with E-state index in [2.05, 4.69) is 10.1 Å². The molecule has 6 nitrogen and oxygen atoms in total. The van der Waals surface area contributed by atoms with Gasteiger partial charge in [0, 0.05) is 12.1 Å². The summed E-state index contributed by atoms with van der Waals surface area (Å²) < 4.78 is 51.2. The molecule has 0 aliphatic rings. The number of ether oxygens (including phenoxy) is 3. The SMILES string of the molecule is CCOc1ccc(C(=O)NCC(O)c2ccc(OC(F)(F)F)cc2)cc1OCC. The average molecular weight is 413 g/mol. The molecule has 1 atom stereocenters. The van der Waals surface area contributed by atoms with Crippen LogP contribution in [0.4, 0.5) is 13.2 Å². The summed E-state index contributed by atoms with van der Waals surface area (Å²) in [6.07, 6.45) is -5.89. The third kappa shape index (κ3) is 6.86. The molecule has 1 unspecified atom stereocenters. The maximum absolute atomic E-state index is 12.4. The van der Waals surface area contributed by atoms with Crippen molar-refractivity contribution in [2.75, 3.05) is 19.8 Å². The van der Waals surface area contributed by atoms with Crippen LogP contribution in [-0.2, 0) is 0 Å². The van der Waals surface area contributed by atoms with E-state index in [-0.39, 0.29) is 6.54 Å². The van der Waals surface area contributed by atoms with E-state index in [0.717, 1.165) is 12.1 Å². The van der Waals surface area contributed by atoms with Crippen LogP contribution in [0.3, 0.4) is 0 Å². The number of benzene rings is 2. The number of hydrogen-bond donors (Lipinski definition) is 2. The maximum atomic E-state index is 12.4. The minimum absolute atomic E-state index is 0.129. The summed E-state index contributed by atoms with van der Waals surface area (Å²) in [7, 11) is 0. The molecule has 0 aromatic heterocycles. The van der Waals surface area contributed by atoms with E-state index in [1.54, 1.807) is 18.2 Å². The Hall–Kier alpha value is -2.94. The summed E-state index contributed by atoms with van der Waals surface area (Å²) in [6.45, 7) is 4.36. The first kappa shape index (κ1) is 22.4. The predicted octanol–water partition coefficient (Wildman–Crippen LogP) is 3.85. The summed E-state index contributed by atoms with van der Waals surface area (Å²) in [5, 5.41) is 12.7. The molecule has 9 heteroatoms. The second kappa shape index (κ2) is 10.0. The molecule has 2 aromatic rings. The smallest absolute Gasteiger partial charge is 0.490 e. The lowest BCUT2D eigenvalue weighted by Gasteiger charge is -2.15. The average Bonchev–Trinajstić information content (AvgIpc) is 2.67. The molecular weight excluding hydrogens is 391 g/mol. The molecule has 0 bridgehead atoms. The first-order valence-electron chi connectivity index (χ1n) is 8.95. The zero-order valence-corrected chi connectivity index (χ0v) is 16.0. The van der Waals surface area contributed by atoms with Gasteiger partial charge in [-0.15, -0.1) is 13.2 Å². The molecule has 0 heterocycles. The zero-order valence-electron chi connectivity index (χ0n) is 16.0. The number of hydrogen-bond acceptors (Lipinski definition) is 5. The summed E-state index contributed by atoms with van der Waals surface area (Å²) in [5.41, 5.74) is 0.652. The Morgan fingerprint density at radius 2 is 1.66 bits per heavy atom. The number of rotatable bonds is 9. The Morgan fingerprint density at radius 3 is 2.24 bits per heavy atom. The highest BCUT2D eigenvalue weighted by Gasteiger charge is 2.31. The molecule has 0 radical (unpaired) electrons. The van der Waals surface area contributed by atoms with Crippen molar-refractivity contribution in [1.29, 1.82) is 0 Å². The van der Waals surface area contributed by atoms with E-state index in [4.69, 9.17) is 9.47 Å². The van der Waals surface area contributed by atoms with Crippen molar-refractivity contribution in [1.82, 2.24) is 5.32 Å². The Kier molecular flexibility index (Phi) is 7.72. The quantitative estimate of drug-likeness (QED) is 0.653. The Balaban J connectivity index is 1.98. The number of carbonyl (C=O) groups excluding carboxylic acids is 1.